The molecule has 1 unspecified atom stereocenters. The molecule has 4 heteroatoms. The Bertz CT molecular complexity index is 568. The second-order valence-corrected chi connectivity index (χ2v) is 5.80. The molecule has 2 aromatic rings. The van der Waals surface area contributed by atoms with Gasteiger partial charge in [-0.2, -0.15) is 0 Å². The lowest BCUT2D eigenvalue weighted by Crippen LogP contribution is -2.30. The van der Waals surface area contributed by atoms with Crippen LogP contribution in [0.15, 0.2) is 34.7 Å². The van der Waals surface area contributed by atoms with Crippen molar-refractivity contribution in [2.24, 2.45) is 5.41 Å². The number of aliphatic carboxylic acids is 1. The Balaban J connectivity index is 1.95. The third kappa shape index (κ3) is 3.20. The minimum Gasteiger partial charge on any atom is -0.481 e. The van der Waals surface area contributed by atoms with E-state index in [1.807, 2.05) is 37.3 Å². The number of hydrogen-bond acceptors (Lipinski definition) is 3. The van der Waals surface area contributed by atoms with Gasteiger partial charge in [-0.25, -0.2) is 0 Å². The molecule has 108 valence electrons. The zero-order chi connectivity index (χ0) is 14.8. The van der Waals surface area contributed by atoms with Crippen LogP contribution in [0.5, 0.6) is 0 Å². The van der Waals surface area contributed by atoms with Crippen LogP contribution in [0.4, 0.5) is 0 Å². The van der Waals surface area contributed by atoms with Crippen molar-refractivity contribution in [2.45, 2.75) is 33.2 Å². The Hall–Kier alpha value is -1.81. The van der Waals surface area contributed by atoms with E-state index in [9.17, 15) is 4.79 Å². The molecular weight excluding hydrogens is 254 g/mol. The summed E-state index contributed by atoms with van der Waals surface area (Å²) >= 11 is 0. The average molecular weight is 275 g/mol. The Labute approximate surface area is 118 Å². The third-order valence-corrected chi connectivity index (χ3v) is 3.65. The van der Waals surface area contributed by atoms with Crippen molar-refractivity contribution in [3.8, 4) is 0 Å². The highest BCUT2D eigenvalue weighted by atomic mass is 16.4. The van der Waals surface area contributed by atoms with Crippen LogP contribution in [0.2, 0.25) is 0 Å². The lowest BCUT2D eigenvalue weighted by molar-refractivity contribution is -0.147. The van der Waals surface area contributed by atoms with E-state index in [1.54, 1.807) is 13.8 Å². The molecule has 0 fully saturated rings. The lowest BCUT2D eigenvalue weighted by Gasteiger charge is -2.20. The summed E-state index contributed by atoms with van der Waals surface area (Å²) in [5, 5.41) is 13.5. The first-order chi connectivity index (χ1) is 9.40. The number of carbonyl (C=O) groups is 1. The van der Waals surface area contributed by atoms with Crippen molar-refractivity contribution in [3.05, 3.63) is 36.1 Å². The fourth-order valence-corrected chi connectivity index (χ4v) is 2.02. The van der Waals surface area contributed by atoms with Crippen LogP contribution in [0.1, 0.15) is 39.0 Å². The largest absolute Gasteiger partial charge is 0.481 e. The van der Waals surface area contributed by atoms with E-state index in [4.69, 9.17) is 9.52 Å². The molecule has 0 amide bonds. The van der Waals surface area contributed by atoms with Crippen LogP contribution in [0, 0.1) is 5.41 Å². The predicted molar refractivity (Wildman–Crippen MR) is 78.7 cm³/mol. The van der Waals surface area contributed by atoms with E-state index < -0.39 is 11.4 Å². The van der Waals surface area contributed by atoms with E-state index in [1.165, 1.54) is 0 Å². The minimum absolute atomic E-state index is 0.0620. The number of furan rings is 1. The van der Waals surface area contributed by atoms with Gasteiger partial charge in [0.15, 0.2) is 0 Å². The van der Waals surface area contributed by atoms with Crippen molar-refractivity contribution in [3.63, 3.8) is 0 Å². The maximum atomic E-state index is 11.0. The van der Waals surface area contributed by atoms with Gasteiger partial charge in [-0.1, -0.05) is 18.2 Å². The predicted octanol–water partition coefficient (Wildman–Crippen LogP) is 3.58. The smallest absolute Gasteiger partial charge is 0.309 e. The molecule has 0 spiro atoms. The van der Waals surface area contributed by atoms with E-state index in [-0.39, 0.29) is 6.04 Å². The molecule has 1 heterocycles. The van der Waals surface area contributed by atoms with E-state index in [2.05, 4.69) is 5.32 Å². The first kappa shape index (κ1) is 14.6. The zero-order valence-electron chi connectivity index (χ0n) is 12.1. The number of rotatable bonds is 6. The second-order valence-electron chi connectivity index (χ2n) is 5.80. The SMILES string of the molecule is CC(NCCC(C)(C)C(=O)O)c1cc2ccccc2o1. The third-order valence-electron chi connectivity index (χ3n) is 3.65. The maximum absolute atomic E-state index is 11.0. The number of nitrogens with one attached hydrogen (secondary N) is 1. The Morgan fingerprint density at radius 2 is 2.10 bits per heavy atom. The van der Waals surface area contributed by atoms with Crippen LogP contribution < -0.4 is 5.32 Å². The van der Waals surface area contributed by atoms with Gasteiger partial charge in [0.05, 0.1) is 11.5 Å². The molecule has 1 atom stereocenters. The standard InChI is InChI=1S/C16H21NO3/c1-11(17-9-8-16(2,3)15(18)19)14-10-12-6-4-5-7-13(12)20-14/h4-7,10-11,17H,8-9H2,1-3H3,(H,18,19). The summed E-state index contributed by atoms with van der Waals surface area (Å²) in [5.41, 5.74) is 0.169. The number of carboxylic acid groups (broad SMARTS) is 1. The molecule has 4 nitrogen and oxygen atoms in total. The Kier molecular flexibility index (Phi) is 4.14. The molecule has 1 aromatic carbocycles. The number of hydrogen-bond donors (Lipinski definition) is 2. The van der Waals surface area contributed by atoms with Crippen LogP contribution in [-0.2, 0) is 4.79 Å². The summed E-state index contributed by atoms with van der Waals surface area (Å²) < 4.78 is 5.78. The van der Waals surface area contributed by atoms with Gasteiger partial charge in [-0.15, -0.1) is 0 Å². The van der Waals surface area contributed by atoms with Crippen molar-refractivity contribution in [2.75, 3.05) is 6.54 Å². The lowest BCUT2D eigenvalue weighted by atomic mass is 9.89. The molecule has 0 bridgehead atoms. The van der Waals surface area contributed by atoms with E-state index in [0.717, 1.165) is 16.7 Å². The zero-order valence-corrected chi connectivity index (χ0v) is 12.1. The first-order valence-corrected chi connectivity index (χ1v) is 6.85. The molecule has 2 N–H and O–H groups in total. The summed E-state index contributed by atoms with van der Waals surface area (Å²) in [5.74, 6) is 0.107. The molecule has 0 aliphatic rings. The Morgan fingerprint density at radius 1 is 1.40 bits per heavy atom. The van der Waals surface area contributed by atoms with Gasteiger partial charge in [-0.05, 0) is 45.9 Å². The maximum Gasteiger partial charge on any atom is 0.309 e. The van der Waals surface area contributed by atoms with Crippen LogP contribution >= 0.6 is 0 Å². The van der Waals surface area contributed by atoms with Gasteiger partial charge in [0.2, 0.25) is 0 Å². The van der Waals surface area contributed by atoms with Gasteiger partial charge in [-0.3, -0.25) is 4.79 Å². The summed E-state index contributed by atoms with van der Waals surface area (Å²) in [6.07, 6.45) is 0.576. The molecule has 1 aromatic heterocycles. The first-order valence-electron chi connectivity index (χ1n) is 6.85. The number of para-hydroxylation sites is 1. The highest BCUT2D eigenvalue weighted by molar-refractivity contribution is 5.77. The van der Waals surface area contributed by atoms with Gasteiger partial charge < -0.3 is 14.8 Å². The van der Waals surface area contributed by atoms with Gasteiger partial charge in [0, 0.05) is 5.39 Å². The summed E-state index contributed by atoms with van der Waals surface area (Å²) in [6, 6.07) is 9.97. The minimum atomic E-state index is -0.768. The molecule has 0 aliphatic heterocycles. The molecular formula is C16H21NO3. The number of fused-ring (bicyclic) bond motifs is 1. The van der Waals surface area contributed by atoms with Crippen molar-refractivity contribution >= 4 is 16.9 Å². The van der Waals surface area contributed by atoms with Crippen LogP contribution in [-0.4, -0.2) is 17.6 Å². The summed E-state index contributed by atoms with van der Waals surface area (Å²) in [4.78, 5) is 11.0. The van der Waals surface area contributed by atoms with Gasteiger partial charge in [0.25, 0.3) is 0 Å². The molecule has 2 rings (SSSR count). The van der Waals surface area contributed by atoms with Crippen LogP contribution in [0.3, 0.4) is 0 Å². The monoisotopic (exact) mass is 275 g/mol. The fraction of sp³-hybridized carbons (Fsp3) is 0.438. The normalized spacial score (nSPS) is 13.6. The van der Waals surface area contributed by atoms with Crippen molar-refractivity contribution in [1.82, 2.24) is 5.32 Å². The second kappa shape index (κ2) is 5.67. The van der Waals surface area contributed by atoms with Gasteiger partial charge >= 0.3 is 5.97 Å². The van der Waals surface area contributed by atoms with E-state index >= 15 is 0 Å². The molecule has 0 radical (unpaired) electrons. The van der Waals surface area contributed by atoms with Crippen molar-refractivity contribution < 1.29 is 14.3 Å². The van der Waals surface area contributed by atoms with Crippen LogP contribution in [0.25, 0.3) is 11.0 Å². The molecule has 20 heavy (non-hydrogen) atoms. The summed E-state index contributed by atoms with van der Waals surface area (Å²) in [7, 11) is 0. The van der Waals surface area contributed by atoms with Crippen molar-refractivity contribution in [1.29, 1.82) is 0 Å². The van der Waals surface area contributed by atoms with Gasteiger partial charge in [0.1, 0.15) is 11.3 Å². The fourth-order valence-electron chi connectivity index (χ4n) is 2.02. The highest BCUT2D eigenvalue weighted by Crippen LogP contribution is 2.24. The Morgan fingerprint density at radius 3 is 2.75 bits per heavy atom. The summed E-state index contributed by atoms with van der Waals surface area (Å²) in [6.45, 7) is 6.13. The average Bonchev–Trinajstić information content (AvgIpc) is 2.82. The topological polar surface area (TPSA) is 62.5 Å². The molecule has 0 saturated carbocycles. The number of benzene rings is 1. The van der Waals surface area contributed by atoms with E-state index in [0.29, 0.717) is 13.0 Å². The number of carboxylic acids is 1. The molecule has 0 aliphatic carbocycles. The highest BCUT2D eigenvalue weighted by Gasteiger charge is 2.26. The quantitative estimate of drug-likeness (QED) is 0.845. The molecule has 0 saturated heterocycles.